The fourth-order valence-electron chi connectivity index (χ4n) is 3.51. The number of H-pyrrole nitrogens is 2. The number of para-hydroxylation sites is 2. The molecule has 0 saturated carbocycles. The molecule has 2 aromatic carbocycles. The van der Waals surface area contributed by atoms with Gasteiger partial charge in [-0.25, -0.2) is 0 Å². The van der Waals surface area contributed by atoms with Gasteiger partial charge in [0.25, 0.3) is 0 Å². The van der Waals surface area contributed by atoms with Gasteiger partial charge in [0.15, 0.2) is 0 Å². The maximum absolute atomic E-state index is 3.56. The Bertz CT molecular complexity index is 899. The largest absolute Gasteiger partial charge is 0.355 e. The van der Waals surface area contributed by atoms with Crippen molar-refractivity contribution in [2.24, 2.45) is 0 Å². The van der Waals surface area contributed by atoms with Gasteiger partial charge >= 0.3 is 0 Å². The van der Waals surface area contributed by atoms with Gasteiger partial charge in [0.1, 0.15) is 0 Å². The van der Waals surface area contributed by atoms with Gasteiger partial charge in [-0.1, -0.05) is 36.4 Å². The highest BCUT2D eigenvalue weighted by molar-refractivity contribution is 5.98. The lowest BCUT2D eigenvalue weighted by Gasteiger charge is -2.03. The molecule has 0 saturated heterocycles. The molecule has 0 aliphatic carbocycles. The van der Waals surface area contributed by atoms with Crippen molar-refractivity contribution in [3.8, 4) is 0 Å². The SMILES string of the molecule is c1ccc2[nH]c(C3=C(c4cc5ccccc5[nH]4)CNC3)cc2c1. The monoisotopic (exact) mass is 299 g/mol. The van der Waals surface area contributed by atoms with Crippen molar-refractivity contribution in [2.45, 2.75) is 0 Å². The lowest BCUT2D eigenvalue weighted by molar-refractivity contribution is 0.900. The third-order valence-corrected chi connectivity index (χ3v) is 4.68. The number of fused-ring (bicyclic) bond motifs is 2. The van der Waals surface area contributed by atoms with E-state index in [4.69, 9.17) is 0 Å². The number of hydrogen-bond acceptors (Lipinski definition) is 1. The third kappa shape index (κ3) is 2.01. The summed E-state index contributed by atoms with van der Waals surface area (Å²) in [6, 6.07) is 21.4. The predicted octanol–water partition coefficient (Wildman–Crippen LogP) is 4.16. The van der Waals surface area contributed by atoms with Gasteiger partial charge in [-0.15, -0.1) is 0 Å². The molecule has 23 heavy (non-hydrogen) atoms. The van der Waals surface area contributed by atoms with E-state index in [0.717, 1.165) is 13.1 Å². The van der Waals surface area contributed by atoms with Crippen LogP contribution >= 0.6 is 0 Å². The first-order valence-electron chi connectivity index (χ1n) is 7.97. The van der Waals surface area contributed by atoms with Crippen LogP contribution in [-0.4, -0.2) is 23.1 Å². The van der Waals surface area contributed by atoms with Gasteiger partial charge in [-0.05, 0) is 46.2 Å². The van der Waals surface area contributed by atoms with Gasteiger partial charge in [-0.3, -0.25) is 0 Å². The molecule has 112 valence electrons. The topological polar surface area (TPSA) is 43.6 Å². The van der Waals surface area contributed by atoms with Crippen LogP contribution in [0.25, 0.3) is 33.0 Å². The van der Waals surface area contributed by atoms with E-state index in [9.17, 15) is 0 Å². The molecule has 0 spiro atoms. The van der Waals surface area contributed by atoms with Crippen LogP contribution in [0.3, 0.4) is 0 Å². The zero-order chi connectivity index (χ0) is 15.2. The highest BCUT2D eigenvalue weighted by atomic mass is 14.9. The Labute approximate surface area is 134 Å². The van der Waals surface area contributed by atoms with Gasteiger partial charge < -0.3 is 15.3 Å². The summed E-state index contributed by atoms with van der Waals surface area (Å²) < 4.78 is 0. The number of nitrogens with one attached hydrogen (secondary N) is 3. The van der Waals surface area contributed by atoms with E-state index in [2.05, 4.69) is 75.9 Å². The van der Waals surface area contributed by atoms with Crippen LogP contribution in [0.1, 0.15) is 11.4 Å². The van der Waals surface area contributed by atoms with Gasteiger partial charge in [0.05, 0.1) is 0 Å². The van der Waals surface area contributed by atoms with Crippen molar-refractivity contribution in [1.29, 1.82) is 0 Å². The second kappa shape index (κ2) is 4.86. The van der Waals surface area contributed by atoms with Crippen molar-refractivity contribution in [3.05, 3.63) is 72.1 Å². The maximum atomic E-state index is 3.56. The zero-order valence-electron chi connectivity index (χ0n) is 12.7. The van der Waals surface area contributed by atoms with Crippen LogP contribution in [0.2, 0.25) is 0 Å². The Hall–Kier alpha value is -2.78. The molecule has 0 amide bonds. The fourth-order valence-corrected chi connectivity index (χ4v) is 3.51. The molecule has 2 aromatic heterocycles. The molecule has 0 bridgehead atoms. The maximum Gasteiger partial charge on any atom is 0.0458 e. The first-order chi connectivity index (χ1) is 11.4. The quantitative estimate of drug-likeness (QED) is 0.511. The lowest BCUT2D eigenvalue weighted by Crippen LogP contribution is -2.08. The van der Waals surface area contributed by atoms with Crippen LogP contribution in [0, 0.1) is 0 Å². The number of hydrogen-bond donors (Lipinski definition) is 3. The molecule has 5 rings (SSSR count). The standard InChI is InChI=1S/C20H17N3/c1-3-7-17-13(5-1)9-19(22-17)15-11-21-12-16(15)20-10-14-6-2-4-8-18(14)23-20/h1-10,21-23H,11-12H2. The summed E-state index contributed by atoms with van der Waals surface area (Å²) in [5.74, 6) is 0. The van der Waals surface area contributed by atoms with E-state index >= 15 is 0 Å². The summed E-state index contributed by atoms with van der Waals surface area (Å²) in [5, 5.41) is 6.02. The molecular formula is C20H17N3. The molecule has 1 aliphatic heterocycles. The minimum Gasteiger partial charge on any atom is -0.355 e. The van der Waals surface area contributed by atoms with Crippen molar-refractivity contribution in [2.75, 3.05) is 13.1 Å². The Morgan fingerprint density at radius 1 is 0.609 bits per heavy atom. The Morgan fingerprint density at radius 2 is 1.09 bits per heavy atom. The average molecular weight is 299 g/mol. The summed E-state index contributed by atoms with van der Waals surface area (Å²) >= 11 is 0. The molecular weight excluding hydrogens is 282 g/mol. The van der Waals surface area contributed by atoms with Crippen molar-refractivity contribution in [3.63, 3.8) is 0 Å². The minimum absolute atomic E-state index is 0.900. The highest BCUT2D eigenvalue weighted by Crippen LogP contribution is 2.31. The fraction of sp³-hybridized carbons (Fsp3) is 0.100. The predicted molar refractivity (Wildman–Crippen MR) is 96.3 cm³/mol. The van der Waals surface area contributed by atoms with Gasteiger partial charge in [0.2, 0.25) is 0 Å². The molecule has 3 heteroatoms. The van der Waals surface area contributed by atoms with Crippen molar-refractivity contribution < 1.29 is 0 Å². The molecule has 0 radical (unpaired) electrons. The van der Waals surface area contributed by atoms with Crippen molar-refractivity contribution >= 4 is 33.0 Å². The van der Waals surface area contributed by atoms with Gasteiger partial charge in [0, 0.05) is 35.5 Å². The van der Waals surface area contributed by atoms with Crippen molar-refractivity contribution in [1.82, 2.24) is 15.3 Å². The molecule has 3 N–H and O–H groups in total. The summed E-state index contributed by atoms with van der Waals surface area (Å²) in [6.07, 6.45) is 0. The number of aromatic nitrogens is 2. The summed E-state index contributed by atoms with van der Waals surface area (Å²) in [4.78, 5) is 7.12. The Kier molecular flexibility index (Phi) is 2.69. The summed E-state index contributed by atoms with van der Waals surface area (Å²) in [7, 11) is 0. The molecule has 0 fully saturated rings. The van der Waals surface area contributed by atoms with E-state index in [1.807, 2.05) is 0 Å². The molecule has 3 heterocycles. The second-order valence-electron chi connectivity index (χ2n) is 6.10. The van der Waals surface area contributed by atoms with E-state index in [1.165, 1.54) is 44.3 Å². The van der Waals surface area contributed by atoms with E-state index in [0.29, 0.717) is 0 Å². The van der Waals surface area contributed by atoms with Crippen LogP contribution in [0.5, 0.6) is 0 Å². The smallest absolute Gasteiger partial charge is 0.0458 e. The normalized spacial score (nSPS) is 15.1. The van der Waals surface area contributed by atoms with Crippen LogP contribution in [0.15, 0.2) is 60.7 Å². The highest BCUT2D eigenvalue weighted by Gasteiger charge is 2.20. The molecule has 4 aromatic rings. The van der Waals surface area contributed by atoms with Crippen LogP contribution in [-0.2, 0) is 0 Å². The summed E-state index contributed by atoms with van der Waals surface area (Å²) in [6.45, 7) is 1.80. The van der Waals surface area contributed by atoms with Crippen LogP contribution < -0.4 is 5.32 Å². The number of rotatable bonds is 2. The molecule has 1 aliphatic rings. The Morgan fingerprint density at radius 3 is 1.57 bits per heavy atom. The second-order valence-corrected chi connectivity index (χ2v) is 6.10. The minimum atomic E-state index is 0.900. The first kappa shape index (κ1) is 12.7. The zero-order valence-corrected chi connectivity index (χ0v) is 12.7. The summed E-state index contributed by atoms with van der Waals surface area (Å²) in [5.41, 5.74) is 7.52. The lowest BCUT2D eigenvalue weighted by atomic mass is 10.1. The molecule has 3 nitrogen and oxygen atoms in total. The van der Waals surface area contributed by atoms with E-state index in [1.54, 1.807) is 0 Å². The first-order valence-corrected chi connectivity index (χ1v) is 7.97. The Balaban J connectivity index is 1.68. The number of aromatic amines is 2. The number of benzene rings is 2. The van der Waals surface area contributed by atoms with E-state index < -0.39 is 0 Å². The molecule has 0 unspecified atom stereocenters. The van der Waals surface area contributed by atoms with Gasteiger partial charge in [-0.2, -0.15) is 0 Å². The average Bonchev–Trinajstić information content (AvgIpc) is 3.30. The van der Waals surface area contributed by atoms with E-state index in [-0.39, 0.29) is 0 Å². The third-order valence-electron chi connectivity index (χ3n) is 4.68. The van der Waals surface area contributed by atoms with Crippen LogP contribution in [0.4, 0.5) is 0 Å². The molecule has 0 atom stereocenters.